The van der Waals surface area contributed by atoms with Crippen molar-refractivity contribution >= 4 is 11.9 Å². The third-order valence-electron chi connectivity index (χ3n) is 3.00. The quantitative estimate of drug-likeness (QED) is 0.676. The first-order valence-electron chi connectivity index (χ1n) is 6.38. The molecule has 0 aliphatic heterocycles. The number of carbonyl (C=O) groups excluding carboxylic acids is 1. The minimum atomic E-state index is -0.164. The van der Waals surface area contributed by atoms with Gasteiger partial charge < -0.3 is 14.6 Å². The molecule has 2 aromatic rings. The number of ketones is 1. The van der Waals surface area contributed by atoms with Gasteiger partial charge in [-0.2, -0.15) is 0 Å². The van der Waals surface area contributed by atoms with Crippen LogP contribution in [-0.2, 0) is 0 Å². The predicted octanol–water partition coefficient (Wildman–Crippen LogP) is 3.31. The molecule has 0 aliphatic rings. The van der Waals surface area contributed by atoms with Gasteiger partial charge in [0.05, 0.1) is 19.8 Å². The van der Waals surface area contributed by atoms with Crippen LogP contribution in [0.25, 0.3) is 6.08 Å². The van der Waals surface area contributed by atoms with Gasteiger partial charge in [0.2, 0.25) is 0 Å². The van der Waals surface area contributed by atoms with E-state index >= 15 is 0 Å². The minimum Gasteiger partial charge on any atom is -0.504 e. The standard InChI is InChI=1S/C17H16O4/c1-20-16-6-4-3-5-13(16)14(18)9-7-12-8-10-17(21-2)15(19)11-12/h3-11,19H,1-2H3/b9-7+. The molecule has 0 unspecified atom stereocenters. The van der Waals surface area contributed by atoms with Crippen LogP contribution in [0.5, 0.6) is 17.2 Å². The molecular weight excluding hydrogens is 268 g/mol. The SMILES string of the molecule is COc1ccc(/C=C/C(=O)c2ccccc2OC)cc1O. The lowest BCUT2D eigenvalue weighted by atomic mass is 10.1. The Hall–Kier alpha value is -2.75. The van der Waals surface area contributed by atoms with E-state index in [0.717, 1.165) is 0 Å². The topological polar surface area (TPSA) is 55.8 Å². The molecule has 1 N–H and O–H groups in total. The Bertz CT molecular complexity index is 674. The molecule has 0 atom stereocenters. The summed E-state index contributed by atoms with van der Waals surface area (Å²) >= 11 is 0. The zero-order chi connectivity index (χ0) is 15.2. The molecule has 0 amide bonds. The summed E-state index contributed by atoms with van der Waals surface area (Å²) in [5.74, 6) is 0.792. The van der Waals surface area contributed by atoms with Crippen molar-refractivity contribution in [3.05, 3.63) is 59.7 Å². The Morgan fingerprint density at radius 1 is 1.05 bits per heavy atom. The summed E-state index contributed by atoms with van der Waals surface area (Å²) in [6.45, 7) is 0. The normalized spacial score (nSPS) is 10.6. The maximum absolute atomic E-state index is 12.2. The van der Waals surface area contributed by atoms with E-state index in [-0.39, 0.29) is 11.5 Å². The molecule has 0 fully saturated rings. The number of methoxy groups -OCH3 is 2. The molecule has 0 spiro atoms. The van der Waals surface area contributed by atoms with Crippen molar-refractivity contribution in [1.29, 1.82) is 0 Å². The van der Waals surface area contributed by atoms with Crippen molar-refractivity contribution in [2.24, 2.45) is 0 Å². The molecule has 0 radical (unpaired) electrons. The van der Waals surface area contributed by atoms with Crippen molar-refractivity contribution in [2.75, 3.05) is 14.2 Å². The second kappa shape index (κ2) is 6.61. The fourth-order valence-electron chi connectivity index (χ4n) is 1.92. The van der Waals surface area contributed by atoms with Gasteiger partial charge in [0.25, 0.3) is 0 Å². The summed E-state index contributed by atoms with van der Waals surface area (Å²) in [6.07, 6.45) is 3.08. The molecule has 2 aromatic carbocycles. The van der Waals surface area contributed by atoms with Crippen LogP contribution in [0.15, 0.2) is 48.5 Å². The van der Waals surface area contributed by atoms with Gasteiger partial charge in [0.15, 0.2) is 17.3 Å². The van der Waals surface area contributed by atoms with Gasteiger partial charge in [-0.05, 0) is 35.9 Å². The maximum Gasteiger partial charge on any atom is 0.189 e. The summed E-state index contributed by atoms with van der Waals surface area (Å²) in [5, 5.41) is 9.69. The van der Waals surface area contributed by atoms with Gasteiger partial charge >= 0.3 is 0 Å². The number of phenolic OH excluding ortho intramolecular Hbond substituents is 1. The summed E-state index contributed by atoms with van der Waals surface area (Å²) in [4.78, 5) is 12.2. The van der Waals surface area contributed by atoms with E-state index in [2.05, 4.69) is 0 Å². The Balaban J connectivity index is 2.21. The molecule has 4 nitrogen and oxygen atoms in total. The molecule has 21 heavy (non-hydrogen) atoms. The number of hydrogen-bond acceptors (Lipinski definition) is 4. The van der Waals surface area contributed by atoms with Gasteiger partial charge in [-0.25, -0.2) is 0 Å². The van der Waals surface area contributed by atoms with E-state index in [1.165, 1.54) is 26.4 Å². The van der Waals surface area contributed by atoms with Gasteiger partial charge in [-0.1, -0.05) is 24.3 Å². The van der Waals surface area contributed by atoms with E-state index in [4.69, 9.17) is 9.47 Å². The number of aromatic hydroxyl groups is 1. The highest BCUT2D eigenvalue weighted by Gasteiger charge is 2.08. The number of rotatable bonds is 5. The van der Waals surface area contributed by atoms with Crippen LogP contribution < -0.4 is 9.47 Å². The van der Waals surface area contributed by atoms with E-state index in [0.29, 0.717) is 22.6 Å². The van der Waals surface area contributed by atoms with Crippen LogP contribution in [0.1, 0.15) is 15.9 Å². The van der Waals surface area contributed by atoms with Gasteiger partial charge in [-0.3, -0.25) is 4.79 Å². The third-order valence-corrected chi connectivity index (χ3v) is 3.00. The van der Waals surface area contributed by atoms with Crippen molar-refractivity contribution in [1.82, 2.24) is 0 Å². The molecule has 0 bridgehead atoms. The monoisotopic (exact) mass is 284 g/mol. The molecule has 4 heteroatoms. The Labute approximate surface area is 123 Å². The van der Waals surface area contributed by atoms with E-state index in [1.54, 1.807) is 42.5 Å². The van der Waals surface area contributed by atoms with Crippen LogP contribution >= 0.6 is 0 Å². The van der Waals surface area contributed by atoms with Crippen LogP contribution in [-0.4, -0.2) is 25.1 Å². The average molecular weight is 284 g/mol. The molecule has 0 heterocycles. The highest BCUT2D eigenvalue weighted by molar-refractivity contribution is 6.08. The summed E-state index contributed by atoms with van der Waals surface area (Å²) in [7, 11) is 3.01. The minimum absolute atomic E-state index is 0.0318. The van der Waals surface area contributed by atoms with Crippen molar-refractivity contribution < 1.29 is 19.4 Å². The molecule has 0 aromatic heterocycles. The highest BCUT2D eigenvalue weighted by atomic mass is 16.5. The second-order valence-corrected chi connectivity index (χ2v) is 4.33. The third kappa shape index (κ3) is 3.42. The van der Waals surface area contributed by atoms with Crippen LogP contribution in [0, 0.1) is 0 Å². The smallest absolute Gasteiger partial charge is 0.189 e. The fraction of sp³-hybridized carbons (Fsp3) is 0.118. The number of benzene rings is 2. The summed E-state index contributed by atoms with van der Waals surface area (Å²) in [6, 6.07) is 12.0. The first kappa shape index (κ1) is 14.7. The van der Waals surface area contributed by atoms with Gasteiger partial charge in [-0.15, -0.1) is 0 Å². The molecule has 0 saturated carbocycles. The Kier molecular flexibility index (Phi) is 4.61. The second-order valence-electron chi connectivity index (χ2n) is 4.33. The van der Waals surface area contributed by atoms with Gasteiger partial charge in [0.1, 0.15) is 5.75 Å². The molecule has 2 rings (SSSR count). The number of para-hydroxylation sites is 1. The van der Waals surface area contributed by atoms with Crippen molar-refractivity contribution in [3.63, 3.8) is 0 Å². The average Bonchev–Trinajstić information content (AvgIpc) is 2.52. The maximum atomic E-state index is 12.2. The molecular formula is C17H16O4. The highest BCUT2D eigenvalue weighted by Crippen LogP contribution is 2.27. The van der Waals surface area contributed by atoms with Crippen LogP contribution in [0.2, 0.25) is 0 Å². The van der Waals surface area contributed by atoms with E-state index < -0.39 is 0 Å². The van der Waals surface area contributed by atoms with E-state index in [1.807, 2.05) is 0 Å². The Morgan fingerprint density at radius 3 is 2.43 bits per heavy atom. The number of hydrogen-bond donors (Lipinski definition) is 1. The van der Waals surface area contributed by atoms with Crippen molar-refractivity contribution in [3.8, 4) is 17.2 Å². The van der Waals surface area contributed by atoms with E-state index in [9.17, 15) is 9.90 Å². The number of carbonyl (C=O) groups is 1. The number of ether oxygens (including phenoxy) is 2. The first-order valence-corrected chi connectivity index (χ1v) is 6.38. The molecule has 0 saturated heterocycles. The fourth-order valence-corrected chi connectivity index (χ4v) is 1.92. The molecule has 0 aliphatic carbocycles. The number of phenols is 1. The zero-order valence-electron chi connectivity index (χ0n) is 11.9. The van der Waals surface area contributed by atoms with Crippen LogP contribution in [0.4, 0.5) is 0 Å². The Morgan fingerprint density at radius 2 is 1.76 bits per heavy atom. The van der Waals surface area contributed by atoms with Gasteiger partial charge in [0, 0.05) is 0 Å². The summed E-state index contributed by atoms with van der Waals surface area (Å²) < 4.78 is 10.1. The van der Waals surface area contributed by atoms with Crippen LogP contribution in [0.3, 0.4) is 0 Å². The zero-order valence-corrected chi connectivity index (χ0v) is 11.9. The molecule has 108 valence electrons. The lowest BCUT2D eigenvalue weighted by Gasteiger charge is -2.05. The number of allylic oxidation sites excluding steroid dienone is 1. The summed E-state index contributed by atoms with van der Waals surface area (Å²) in [5.41, 5.74) is 1.20. The largest absolute Gasteiger partial charge is 0.504 e. The van der Waals surface area contributed by atoms with Crippen molar-refractivity contribution in [2.45, 2.75) is 0 Å². The first-order chi connectivity index (χ1) is 10.2. The lowest BCUT2D eigenvalue weighted by Crippen LogP contribution is -1.98. The predicted molar refractivity (Wildman–Crippen MR) is 81.0 cm³/mol. The lowest BCUT2D eigenvalue weighted by molar-refractivity contribution is 0.104.